The first kappa shape index (κ1) is 22.6. The molecule has 0 aliphatic heterocycles. The van der Waals surface area contributed by atoms with Gasteiger partial charge < -0.3 is 14.5 Å². The quantitative estimate of drug-likeness (QED) is 0.385. The number of benzene rings is 3. The smallest absolute Gasteiger partial charge is 0.340 e. The first-order valence-electron chi connectivity index (χ1n) is 11.0. The Balaban J connectivity index is 1.98. The van der Waals surface area contributed by atoms with Crippen LogP contribution in [0.15, 0.2) is 72.8 Å². The summed E-state index contributed by atoms with van der Waals surface area (Å²) < 4.78 is 5.67. The molecule has 0 heterocycles. The Labute approximate surface area is 186 Å². The highest BCUT2D eigenvalue weighted by Crippen LogP contribution is 2.38. The van der Waals surface area contributed by atoms with Crippen LogP contribution in [0.5, 0.6) is 0 Å². The van der Waals surface area contributed by atoms with Crippen LogP contribution in [0, 0.1) is 13.8 Å². The molecule has 0 fully saturated rings. The first-order valence-corrected chi connectivity index (χ1v) is 11.0. The second-order valence-electron chi connectivity index (χ2n) is 7.64. The van der Waals surface area contributed by atoms with Gasteiger partial charge in [0.15, 0.2) is 0 Å². The number of carbonyl (C=O) groups is 1. The van der Waals surface area contributed by atoms with Crippen LogP contribution in [0.3, 0.4) is 0 Å². The average Bonchev–Trinajstić information content (AvgIpc) is 2.79. The van der Waals surface area contributed by atoms with Crippen molar-refractivity contribution in [3.8, 4) is 0 Å². The summed E-state index contributed by atoms with van der Waals surface area (Å²) >= 11 is 0. The summed E-state index contributed by atoms with van der Waals surface area (Å²) in [7, 11) is 0. The van der Waals surface area contributed by atoms with Gasteiger partial charge in [-0.1, -0.05) is 61.9 Å². The number of aryl methyl sites for hydroxylation is 2. The second-order valence-corrected chi connectivity index (χ2v) is 7.64. The fourth-order valence-corrected chi connectivity index (χ4v) is 3.77. The van der Waals surface area contributed by atoms with Crippen LogP contribution < -0.4 is 4.90 Å². The topological polar surface area (TPSA) is 32.8 Å². The fourth-order valence-electron chi connectivity index (χ4n) is 3.77. The number of carbonyl (C=O) groups excluding carboxylic acids is 1. The molecule has 0 atom stereocenters. The Morgan fingerprint density at radius 2 is 1.52 bits per heavy atom. The van der Waals surface area contributed by atoms with Crippen molar-refractivity contribution in [2.24, 2.45) is 0 Å². The zero-order chi connectivity index (χ0) is 22.2. The number of nitrogens with zero attached hydrogens (tertiary/aromatic N) is 2. The summed E-state index contributed by atoms with van der Waals surface area (Å²) in [4.78, 5) is 17.4. The monoisotopic (exact) mass is 416 g/mol. The van der Waals surface area contributed by atoms with Crippen molar-refractivity contribution in [2.75, 3.05) is 31.1 Å². The van der Waals surface area contributed by atoms with Crippen molar-refractivity contribution in [3.05, 3.63) is 89.5 Å². The van der Waals surface area contributed by atoms with Crippen LogP contribution in [0.1, 0.15) is 35.3 Å². The van der Waals surface area contributed by atoms with Crippen molar-refractivity contribution in [3.63, 3.8) is 0 Å². The summed E-state index contributed by atoms with van der Waals surface area (Å²) in [6.45, 7) is 11.4. The minimum Gasteiger partial charge on any atom is -0.461 e. The van der Waals surface area contributed by atoms with Gasteiger partial charge in [0.05, 0.1) is 11.3 Å². The molecular weight excluding hydrogens is 384 g/mol. The Morgan fingerprint density at radius 3 is 2.19 bits per heavy atom. The zero-order valence-corrected chi connectivity index (χ0v) is 19.0. The van der Waals surface area contributed by atoms with E-state index in [1.54, 1.807) is 0 Å². The third-order valence-corrected chi connectivity index (χ3v) is 5.51. The van der Waals surface area contributed by atoms with E-state index >= 15 is 0 Å². The van der Waals surface area contributed by atoms with E-state index in [0.29, 0.717) is 12.2 Å². The first-order chi connectivity index (χ1) is 15.0. The number of rotatable bonds is 9. The fraction of sp³-hybridized carbons (Fsp3) is 0.296. The van der Waals surface area contributed by atoms with Gasteiger partial charge in [-0.3, -0.25) is 0 Å². The largest absolute Gasteiger partial charge is 0.461 e. The maximum absolute atomic E-state index is 13.1. The molecule has 162 valence electrons. The lowest BCUT2D eigenvalue weighted by Gasteiger charge is -2.28. The van der Waals surface area contributed by atoms with Crippen molar-refractivity contribution < 1.29 is 9.53 Å². The highest BCUT2D eigenvalue weighted by Gasteiger charge is 2.21. The van der Waals surface area contributed by atoms with E-state index in [4.69, 9.17) is 4.74 Å². The highest BCUT2D eigenvalue weighted by molar-refractivity contribution is 5.99. The molecule has 4 nitrogen and oxygen atoms in total. The van der Waals surface area contributed by atoms with Gasteiger partial charge in [-0.15, -0.1) is 0 Å². The zero-order valence-electron chi connectivity index (χ0n) is 19.0. The third-order valence-electron chi connectivity index (χ3n) is 5.51. The van der Waals surface area contributed by atoms with Crippen LogP contribution in [0.25, 0.3) is 0 Å². The summed E-state index contributed by atoms with van der Waals surface area (Å²) in [6, 6.07) is 24.2. The van der Waals surface area contributed by atoms with Gasteiger partial charge in [-0.25, -0.2) is 4.79 Å². The molecule has 0 saturated heterocycles. The molecule has 3 aromatic rings. The van der Waals surface area contributed by atoms with E-state index in [0.717, 1.165) is 42.3 Å². The van der Waals surface area contributed by atoms with Crippen molar-refractivity contribution in [1.29, 1.82) is 0 Å². The Hall–Kier alpha value is -3.11. The predicted molar refractivity (Wildman–Crippen MR) is 129 cm³/mol. The van der Waals surface area contributed by atoms with E-state index < -0.39 is 0 Å². The number of likely N-dealkylation sites (N-methyl/N-ethyl adjacent to an activating group) is 1. The summed E-state index contributed by atoms with van der Waals surface area (Å²) in [5.74, 6) is -0.298. The van der Waals surface area contributed by atoms with Gasteiger partial charge >= 0.3 is 5.97 Å². The van der Waals surface area contributed by atoms with E-state index in [9.17, 15) is 4.79 Å². The molecule has 0 spiro atoms. The molecular formula is C27H32N2O2. The van der Waals surface area contributed by atoms with Crippen molar-refractivity contribution in [1.82, 2.24) is 4.90 Å². The maximum Gasteiger partial charge on any atom is 0.340 e. The van der Waals surface area contributed by atoms with E-state index in [2.05, 4.69) is 67.8 Å². The Morgan fingerprint density at radius 1 is 0.839 bits per heavy atom. The maximum atomic E-state index is 13.1. The summed E-state index contributed by atoms with van der Waals surface area (Å²) in [5, 5.41) is 0. The standard InChI is InChI=1S/C27H32N2O2/c1-5-28(6-2)18-19-31-27(30)24-14-10-11-15-26(24)29(23-12-8-7-9-13-23)25-17-16-21(3)20-22(25)4/h7-17,20H,5-6,18-19H2,1-4H3. The van der Waals surface area contributed by atoms with Gasteiger partial charge in [-0.2, -0.15) is 0 Å². The molecule has 0 radical (unpaired) electrons. The number of anilines is 3. The molecule has 0 saturated carbocycles. The van der Waals surface area contributed by atoms with E-state index in [1.165, 1.54) is 5.56 Å². The minimum absolute atomic E-state index is 0.298. The minimum atomic E-state index is -0.298. The second kappa shape index (κ2) is 10.8. The molecule has 4 heteroatoms. The number of ether oxygens (including phenoxy) is 1. The van der Waals surface area contributed by atoms with Crippen LogP contribution in [0.2, 0.25) is 0 Å². The van der Waals surface area contributed by atoms with Crippen LogP contribution >= 0.6 is 0 Å². The Bertz CT molecular complexity index is 997. The molecule has 31 heavy (non-hydrogen) atoms. The molecule has 0 aliphatic carbocycles. The third kappa shape index (κ3) is 5.53. The number of hydrogen-bond acceptors (Lipinski definition) is 4. The predicted octanol–water partition coefficient (Wildman–Crippen LogP) is 6.27. The van der Waals surface area contributed by atoms with Crippen LogP contribution in [-0.4, -0.2) is 37.1 Å². The molecule has 0 unspecified atom stereocenters. The van der Waals surface area contributed by atoms with Crippen molar-refractivity contribution in [2.45, 2.75) is 27.7 Å². The number of para-hydroxylation sites is 2. The van der Waals surface area contributed by atoms with Gasteiger partial charge in [0, 0.05) is 17.9 Å². The molecule has 0 aliphatic rings. The van der Waals surface area contributed by atoms with Crippen molar-refractivity contribution >= 4 is 23.0 Å². The lowest BCUT2D eigenvalue weighted by atomic mass is 10.1. The van der Waals surface area contributed by atoms with Gasteiger partial charge in [-0.05, 0) is 62.8 Å². The summed E-state index contributed by atoms with van der Waals surface area (Å²) in [6.07, 6.45) is 0. The van der Waals surface area contributed by atoms with Gasteiger partial charge in [0.2, 0.25) is 0 Å². The van der Waals surface area contributed by atoms with Gasteiger partial charge in [0.1, 0.15) is 6.61 Å². The number of esters is 1. The SMILES string of the molecule is CCN(CC)CCOC(=O)c1ccccc1N(c1ccccc1)c1ccc(C)cc1C. The lowest BCUT2D eigenvalue weighted by molar-refractivity contribution is 0.0467. The molecule has 0 bridgehead atoms. The van der Waals surface area contributed by atoms with E-state index in [-0.39, 0.29) is 5.97 Å². The average molecular weight is 417 g/mol. The normalized spacial score (nSPS) is 10.9. The highest BCUT2D eigenvalue weighted by atomic mass is 16.5. The lowest BCUT2D eigenvalue weighted by Crippen LogP contribution is -2.28. The molecule has 0 amide bonds. The Kier molecular flexibility index (Phi) is 7.85. The molecule has 3 aromatic carbocycles. The molecule has 3 rings (SSSR count). The molecule has 0 aromatic heterocycles. The van der Waals surface area contributed by atoms with E-state index in [1.807, 2.05) is 42.5 Å². The van der Waals surface area contributed by atoms with Crippen LogP contribution in [0.4, 0.5) is 17.1 Å². The van der Waals surface area contributed by atoms with Crippen LogP contribution in [-0.2, 0) is 4.74 Å². The van der Waals surface area contributed by atoms with Gasteiger partial charge in [0.25, 0.3) is 0 Å². The summed E-state index contributed by atoms with van der Waals surface area (Å²) in [5.41, 5.74) is 5.77. The number of hydrogen-bond donors (Lipinski definition) is 0. The molecule has 0 N–H and O–H groups in total.